The van der Waals surface area contributed by atoms with Crippen LogP contribution in [0.4, 0.5) is 10.3 Å². The first kappa shape index (κ1) is 15.6. The van der Waals surface area contributed by atoms with E-state index in [4.69, 9.17) is 0 Å². The topological polar surface area (TPSA) is 37.2 Å². The third-order valence-corrected chi connectivity index (χ3v) is 5.51. The lowest BCUT2D eigenvalue weighted by atomic mass is 9.79. The van der Waals surface area contributed by atoms with Gasteiger partial charge in [-0.25, -0.2) is 14.4 Å². The smallest absolute Gasteiger partial charge is 0.225 e. The minimum atomic E-state index is -0.375. The van der Waals surface area contributed by atoms with Crippen molar-refractivity contribution in [3.63, 3.8) is 0 Å². The van der Waals surface area contributed by atoms with E-state index in [2.05, 4.69) is 49.7 Å². The summed E-state index contributed by atoms with van der Waals surface area (Å²) in [4.78, 5) is 13.1. The highest BCUT2D eigenvalue weighted by Crippen LogP contribution is 2.40. The van der Waals surface area contributed by atoms with Gasteiger partial charge in [-0.15, -0.1) is 0 Å². The Morgan fingerprint density at radius 1 is 1.17 bits per heavy atom. The van der Waals surface area contributed by atoms with Crippen LogP contribution in [-0.2, 0) is 13.6 Å². The first-order chi connectivity index (χ1) is 11.6. The number of likely N-dealkylation sites (tertiary alicyclic amines) is 1. The highest BCUT2D eigenvalue weighted by molar-refractivity contribution is 5.30. The molecule has 0 aliphatic carbocycles. The summed E-state index contributed by atoms with van der Waals surface area (Å²) < 4.78 is 15.3. The predicted molar refractivity (Wildman–Crippen MR) is 91.2 cm³/mol. The van der Waals surface area contributed by atoms with Crippen LogP contribution < -0.4 is 4.90 Å². The Balaban J connectivity index is 1.44. The van der Waals surface area contributed by atoms with Gasteiger partial charge in [-0.3, -0.25) is 4.90 Å². The molecule has 6 heteroatoms. The summed E-state index contributed by atoms with van der Waals surface area (Å²) in [6.45, 7) is 5.21. The summed E-state index contributed by atoms with van der Waals surface area (Å²) in [6, 6.07) is 4.31. The zero-order valence-corrected chi connectivity index (χ0v) is 14.2. The summed E-state index contributed by atoms with van der Waals surface area (Å²) >= 11 is 0. The molecule has 2 aromatic rings. The largest absolute Gasteiger partial charge is 0.353 e. The second-order valence-corrected chi connectivity index (χ2v) is 7.30. The maximum absolute atomic E-state index is 13.1. The van der Waals surface area contributed by atoms with Crippen molar-refractivity contribution in [2.75, 3.05) is 31.1 Å². The maximum Gasteiger partial charge on any atom is 0.225 e. The van der Waals surface area contributed by atoms with Crippen LogP contribution in [0.1, 0.15) is 25.0 Å². The molecule has 0 bridgehead atoms. The molecule has 24 heavy (non-hydrogen) atoms. The van der Waals surface area contributed by atoms with E-state index >= 15 is 0 Å². The van der Waals surface area contributed by atoms with Crippen molar-refractivity contribution in [1.29, 1.82) is 0 Å². The summed E-state index contributed by atoms with van der Waals surface area (Å²) in [7, 11) is 2.11. The van der Waals surface area contributed by atoms with Gasteiger partial charge in [-0.1, -0.05) is 0 Å². The molecule has 0 radical (unpaired) electrons. The van der Waals surface area contributed by atoms with Gasteiger partial charge in [-0.05, 0) is 37.9 Å². The fourth-order valence-electron chi connectivity index (χ4n) is 4.23. The number of aromatic nitrogens is 3. The van der Waals surface area contributed by atoms with Crippen LogP contribution in [0.25, 0.3) is 0 Å². The van der Waals surface area contributed by atoms with Crippen molar-refractivity contribution in [2.24, 2.45) is 12.5 Å². The molecule has 2 fully saturated rings. The molecule has 1 spiro atoms. The number of nitrogens with zero attached hydrogens (tertiary/aromatic N) is 5. The SMILES string of the molecule is Cn1cccc1CN1CC[C@@]2(CCCN(c3ncc(F)cn3)C2)C1. The molecular formula is C18H24FN5. The number of hydrogen-bond donors (Lipinski definition) is 0. The second-order valence-electron chi connectivity index (χ2n) is 7.30. The zero-order valence-electron chi connectivity index (χ0n) is 14.2. The number of aryl methyl sites for hydroxylation is 1. The molecule has 1 atom stereocenters. The van der Waals surface area contributed by atoms with Crippen molar-refractivity contribution < 1.29 is 4.39 Å². The van der Waals surface area contributed by atoms with E-state index in [0.717, 1.165) is 39.1 Å². The molecule has 0 amide bonds. The minimum absolute atomic E-state index is 0.321. The number of anilines is 1. The Kier molecular flexibility index (Phi) is 4.00. The quantitative estimate of drug-likeness (QED) is 0.867. The van der Waals surface area contributed by atoms with Gasteiger partial charge in [0, 0.05) is 50.5 Å². The van der Waals surface area contributed by atoms with Crippen LogP contribution >= 0.6 is 0 Å². The van der Waals surface area contributed by atoms with Gasteiger partial charge in [-0.2, -0.15) is 0 Å². The Morgan fingerprint density at radius 3 is 2.75 bits per heavy atom. The van der Waals surface area contributed by atoms with Gasteiger partial charge in [0.25, 0.3) is 0 Å². The van der Waals surface area contributed by atoms with E-state index in [-0.39, 0.29) is 5.82 Å². The highest BCUT2D eigenvalue weighted by atomic mass is 19.1. The fourth-order valence-corrected chi connectivity index (χ4v) is 4.23. The van der Waals surface area contributed by atoms with Gasteiger partial charge >= 0.3 is 0 Å². The van der Waals surface area contributed by atoms with Crippen molar-refractivity contribution in [3.05, 3.63) is 42.2 Å². The fraction of sp³-hybridized carbons (Fsp3) is 0.556. The standard InChI is InChI=1S/C18H24FN5/c1-22-7-2-4-16(22)12-23-9-6-18(13-23)5-3-8-24(14-18)17-20-10-15(19)11-21-17/h2,4,7,10-11H,3,5-6,8-9,12-14H2,1H3/t18-/m0/s1. The van der Waals surface area contributed by atoms with Crippen molar-refractivity contribution in [1.82, 2.24) is 19.4 Å². The lowest BCUT2D eigenvalue weighted by Crippen LogP contribution is -2.45. The van der Waals surface area contributed by atoms with Gasteiger partial charge in [0.15, 0.2) is 5.82 Å². The summed E-state index contributed by atoms with van der Waals surface area (Å²) in [5, 5.41) is 0. The number of hydrogen-bond acceptors (Lipinski definition) is 4. The lowest BCUT2D eigenvalue weighted by Gasteiger charge is -2.40. The lowest BCUT2D eigenvalue weighted by molar-refractivity contribution is 0.213. The van der Waals surface area contributed by atoms with E-state index in [1.807, 2.05) is 0 Å². The van der Waals surface area contributed by atoms with Gasteiger partial charge < -0.3 is 9.47 Å². The number of rotatable bonds is 3. The summed E-state index contributed by atoms with van der Waals surface area (Å²) in [6.07, 6.45) is 8.26. The Morgan fingerprint density at radius 2 is 2.00 bits per heavy atom. The third-order valence-electron chi connectivity index (χ3n) is 5.51. The van der Waals surface area contributed by atoms with Crippen molar-refractivity contribution in [3.8, 4) is 0 Å². The van der Waals surface area contributed by atoms with Gasteiger partial charge in [0.2, 0.25) is 5.95 Å². The van der Waals surface area contributed by atoms with Crippen LogP contribution in [0.2, 0.25) is 0 Å². The zero-order chi connectivity index (χ0) is 16.6. The van der Waals surface area contributed by atoms with Crippen LogP contribution in [-0.4, -0.2) is 45.6 Å². The normalized spacial score (nSPS) is 24.8. The van der Waals surface area contributed by atoms with Crippen molar-refractivity contribution in [2.45, 2.75) is 25.8 Å². The molecule has 2 aliphatic rings. The molecule has 2 saturated heterocycles. The molecule has 2 aliphatic heterocycles. The van der Waals surface area contributed by atoms with Crippen LogP contribution in [0.5, 0.6) is 0 Å². The Labute approximate surface area is 142 Å². The van der Waals surface area contributed by atoms with E-state index in [1.54, 1.807) is 0 Å². The van der Waals surface area contributed by atoms with Gasteiger partial charge in [0.05, 0.1) is 12.4 Å². The van der Waals surface area contributed by atoms with E-state index < -0.39 is 0 Å². The monoisotopic (exact) mass is 329 g/mol. The molecule has 2 aromatic heterocycles. The third kappa shape index (κ3) is 3.02. The van der Waals surface area contributed by atoms with E-state index in [9.17, 15) is 4.39 Å². The minimum Gasteiger partial charge on any atom is -0.353 e. The van der Waals surface area contributed by atoms with Gasteiger partial charge in [0.1, 0.15) is 0 Å². The molecule has 4 rings (SSSR count). The number of halogens is 1. The maximum atomic E-state index is 13.1. The first-order valence-corrected chi connectivity index (χ1v) is 8.69. The Bertz CT molecular complexity index is 698. The van der Waals surface area contributed by atoms with Crippen LogP contribution in [0, 0.1) is 11.2 Å². The average molecular weight is 329 g/mol. The second kappa shape index (κ2) is 6.16. The average Bonchev–Trinajstić information content (AvgIpc) is 3.16. The molecular weight excluding hydrogens is 305 g/mol. The molecule has 4 heterocycles. The number of piperidine rings is 1. The van der Waals surface area contributed by atoms with Crippen molar-refractivity contribution >= 4 is 5.95 Å². The molecule has 128 valence electrons. The van der Waals surface area contributed by atoms with Crippen LogP contribution in [0.3, 0.4) is 0 Å². The molecule has 0 unspecified atom stereocenters. The summed E-state index contributed by atoms with van der Waals surface area (Å²) in [5.74, 6) is 0.288. The molecule has 0 aromatic carbocycles. The Hall–Kier alpha value is -1.95. The molecule has 0 saturated carbocycles. The van der Waals surface area contributed by atoms with E-state index in [0.29, 0.717) is 11.4 Å². The predicted octanol–water partition coefficient (Wildman–Crippen LogP) is 2.45. The molecule has 0 N–H and O–H groups in total. The molecule has 5 nitrogen and oxygen atoms in total. The summed E-state index contributed by atoms with van der Waals surface area (Å²) in [5.41, 5.74) is 1.68. The first-order valence-electron chi connectivity index (χ1n) is 8.69. The highest BCUT2D eigenvalue weighted by Gasteiger charge is 2.41. The van der Waals surface area contributed by atoms with Crippen LogP contribution in [0.15, 0.2) is 30.7 Å². The van der Waals surface area contributed by atoms with E-state index in [1.165, 1.54) is 30.9 Å².